The van der Waals surface area contributed by atoms with Gasteiger partial charge in [0.05, 0.1) is 12.2 Å². The molecule has 23 heavy (non-hydrogen) atoms. The molecule has 0 unspecified atom stereocenters. The summed E-state index contributed by atoms with van der Waals surface area (Å²) in [7, 11) is -3.67. The summed E-state index contributed by atoms with van der Waals surface area (Å²) in [6.07, 6.45) is 1.52. The minimum atomic E-state index is -3.67. The van der Waals surface area contributed by atoms with Crippen LogP contribution in [0, 0.1) is 11.3 Å². The second kappa shape index (κ2) is 6.31. The van der Waals surface area contributed by atoms with Gasteiger partial charge in [0, 0.05) is 13.0 Å². The normalized spacial score (nSPS) is 22.0. The molecule has 122 valence electrons. The van der Waals surface area contributed by atoms with E-state index in [-0.39, 0.29) is 10.1 Å². The molecule has 7 nitrogen and oxygen atoms in total. The number of rotatable bonds is 4. The molecule has 0 saturated carbocycles. The van der Waals surface area contributed by atoms with Gasteiger partial charge in [0.1, 0.15) is 16.3 Å². The van der Waals surface area contributed by atoms with Crippen molar-refractivity contribution in [2.75, 3.05) is 13.2 Å². The first-order chi connectivity index (χ1) is 11.0. The van der Waals surface area contributed by atoms with E-state index in [1.54, 1.807) is 11.4 Å². The highest BCUT2D eigenvalue weighted by molar-refractivity contribution is 7.91. The smallest absolute Gasteiger partial charge is 0.253 e. The van der Waals surface area contributed by atoms with Gasteiger partial charge >= 0.3 is 0 Å². The van der Waals surface area contributed by atoms with Crippen LogP contribution in [0.1, 0.15) is 19.3 Å². The van der Waals surface area contributed by atoms with Crippen molar-refractivity contribution < 1.29 is 17.9 Å². The SMILES string of the molecule is N#CC1=C(NC(=O)[C@H]2CCCN2S(=O)(=O)c2cccs2)OCC1. The van der Waals surface area contributed by atoms with Crippen LogP contribution in [-0.4, -0.2) is 37.8 Å². The first kappa shape index (κ1) is 16.0. The Morgan fingerprint density at radius 2 is 2.35 bits per heavy atom. The van der Waals surface area contributed by atoms with Gasteiger partial charge in [-0.2, -0.15) is 9.57 Å². The van der Waals surface area contributed by atoms with Crippen LogP contribution in [0.5, 0.6) is 0 Å². The molecule has 1 N–H and O–H groups in total. The fourth-order valence-corrected chi connectivity index (χ4v) is 5.46. The second-order valence-electron chi connectivity index (χ2n) is 5.21. The van der Waals surface area contributed by atoms with Crippen LogP contribution in [0.15, 0.2) is 33.2 Å². The summed E-state index contributed by atoms with van der Waals surface area (Å²) in [5, 5.41) is 13.2. The Morgan fingerprint density at radius 3 is 3.04 bits per heavy atom. The maximum Gasteiger partial charge on any atom is 0.253 e. The number of nitrogens with zero attached hydrogens (tertiary/aromatic N) is 2. The van der Waals surface area contributed by atoms with Gasteiger partial charge in [-0.15, -0.1) is 11.3 Å². The molecule has 2 aliphatic heterocycles. The van der Waals surface area contributed by atoms with Gasteiger partial charge in [-0.3, -0.25) is 10.1 Å². The van der Waals surface area contributed by atoms with Crippen molar-refractivity contribution in [2.24, 2.45) is 0 Å². The van der Waals surface area contributed by atoms with Gasteiger partial charge in [-0.25, -0.2) is 8.42 Å². The largest absolute Gasteiger partial charge is 0.478 e. The van der Waals surface area contributed by atoms with Crippen LogP contribution in [-0.2, 0) is 19.6 Å². The fourth-order valence-electron chi connectivity index (χ4n) is 2.68. The van der Waals surface area contributed by atoms with Gasteiger partial charge in [0.25, 0.3) is 10.0 Å². The lowest BCUT2D eigenvalue weighted by Crippen LogP contribution is -2.45. The minimum absolute atomic E-state index is 0.151. The van der Waals surface area contributed by atoms with Crippen LogP contribution in [0.25, 0.3) is 0 Å². The van der Waals surface area contributed by atoms with Gasteiger partial charge in [0.2, 0.25) is 11.8 Å². The maximum atomic E-state index is 12.6. The van der Waals surface area contributed by atoms with E-state index < -0.39 is 22.0 Å². The number of nitrogens with one attached hydrogen (secondary N) is 1. The molecule has 2 aliphatic rings. The lowest BCUT2D eigenvalue weighted by Gasteiger charge is -2.22. The monoisotopic (exact) mass is 353 g/mol. The van der Waals surface area contributed by atoms with Crippen LogP contribution >= 0.6 is 11.3 Å². The van der Waals surface area contributed by atoms with Crippen LogP contribution in [0.2, 0.25) is 0 Å². The summed E-state index contributed by atoms with van der Waals surface area (Å²) in [5.41, 5.74) is 0.379. The standard InChI is InChI=1S/C14H15N3O4S2/c15-9-10-5-7-21-14(10)16-13(18)11-3-1-6-17(11)23(19,20)12-4-2-8-22-12/h2,4,8,11H,1,3,5-7H2,(H,16,18)/t11-/m1/s1. The van der Waals surface area contributed by atoms with Crippen molar-refractivity contribution in [3.8, 4) is 6.07 Å². The Bertz CT molecular complexity index is 777. The summed E-state index contributed by atoms with van der Waals surface area (Å²) in [6.45, 7) is 0.656. The molecule has 0 aromatic carbocycles. The Balaban J connectivity index is 1.80. The highest BCUT2D eigenvalue weighted by atomic mass is 32.2. The van der Waals surface area contributed by atoms with Crippen LogP contribution in [0.4, 0.5) is 0 Å². The number of carbonyl (C=O) groups is 1. The van der Waals surface area contributed by atoms with E-state index in [0.29, 0.717) is 38.0 Å². The molecule has 1 saturated heterocycles. The molecule has 1 aromatic heterocycles. The predicted molar refractivity (Wildman–Crippen MR) is 82.6 cm³/mol. The molecule has 1 atom stereocenters. The summed E-state index contributed by atoms with van der Waals surface area (Å²) in [6, 6.07) is 4.40. The number of thiophene rings is 1. The number of hydrogen-bond donors (Lipinski definition) is 1. The van der Waals surface area contributed by atoms with Gasteiger partial charge in [-0.1, -0.05) is 6.07 Å². The van der Waals surface area contributed by atoms with E-state index in [1.165, 1.54) is 10.4 Å². The van der Waals surface area contributed by atoms with E-state index in [4.69, 9.17) is 10.00 Å². The van der Waals surface area contributed by atoms with E-state index in [9.17, 15) is 13.2 Å². The molecule has 0 bridgehead atoms. The van der Waals surface area contributed by atoms with Crippen molar-refractivity contribution in [2.45, 2.75) is 29.5 Å². The minimum Gasteiger partial charge on any atom is -0.478 e. The first-order valence-corrected chi connectivity index (χ1v) is 9.48. The maximum absolute atomic E-state index is 12.6. The Kier molecular flexibility index (Phi) is 4.39. The molecule has 3 heterocycles. The molecular formula is C14H15N3O4S2. The van der Waals surface area contributed by atoms with Gasteiger partial charge < -0.3 is 4.74 Å². The number of hydrogen-bond acceptors (Lipinski definition) is 6. The van der Waals surface area contributed by atoms with E-state index >= 15 is 0 Å². The van der Waals surface area contributed by atoms with Crippen molar-refractivity contribution >= 4 is 27.3 Å². The molecule has 1 aromatic rings. The summed E-state index contributed by atoms with van der Waals surface area (Å²) in [4.78, 5) is 12.5. The summed E-state index contributed by atoms with van der Waals surface area (Å²) < 4.78 is 32.0. The lowest BCUT2D eigenvalue weighted by atomic mass is 10.2. The topological polar surface area (TPSA) is 99.5 Å². The van der Waals surface area contributed by atoms with E-state index in [2.05, 4.69) is 5.32 Å². The first-order valence-electron chi connectivity index (χ1n) is 7.16. The lowest BCUT2D eigenvalue weighted by molar-refractivity contribution is -0.124. The molecule has 0 spiro atoms. The molecule has 0 radical (unpaired) electrons. The van der Waals surface area contributed by atoms with Crippen LogP contribution < -0.4 is 5.32 Å². The third kappa shape index (κ3) is 2.97. The number of ether oxygens (including phenoxy) is 1. The quantitative estimate of drug-likeness (QED) is 0.876. The molecule has 1 amide bonds. The Hall–Kier alpha value is -1.89. The average Bonchev–Trinajstić information content (AvgIpc) is 3.27. The van der Waals surface area contributed by atoms with E-state index in [0.717, 1.165) is 11.3 Å². The zero-order chi connectivity index (χ0) is 16.4. The highest BCUT2D eigenvalue weighted by Crippen LogP contribution is 2.29. The second-order valence-corrected chi connectivity index (χ2v) is 8.28. The Morgan fingerprint density at radius 1 is 1.52 bits per heavy atom. The van der Waals surface area contributed by atoms with Crippen molar-refractivity contribution in [3.05, 3.63) is 29.0 Å². The van der Waals surface area contributed by atoms with Crippen molar-refractivity contribution in [3.63, 3.8) is 0 Å². The summed E-state index contributed by atoms with van der Waals surface area (Å²) in [5.74, 6) is -0.301. The fraction of sp³-hybridized carbons (Fsp3) is 0.429. The van der Waals surface area contributed by atoms with Gasteiger partial charge in [-0.05, 0) is 24.3 Å². The van der Waals surface area contributed by atoms with E-state index in [1.807, 2.05) is 6.07 Å². The predicted octanol–water partition coefficient (Wildman–Crippen LogP) is 1.17. The van der Waals surface area contributed by atoms with Crippen LogP contribution in [0.3, 0.4) is 0 Å². The number of nitriles is 1. The molecule has 3 rings (SSSR count). The zero-order valence-corrected chi connectivity index (χ0v) is 13.8. The third-order valence-corrected chi connectivity index (χ3v) is 7.09. The molecule has 1 fully saturated rings. The molecule has 0 aliphatic carbocycles. The number of amides is 1. The molecule has 9 heteroatoms. The van der Waals surface area contributed by atoms with Gasteiger partial charge in [0.15, 0.2) is 0 Å². The molecular weight excluding hydrogens is 338 g/mol. The highest BCUT2D eigenvalue weighted by Gasteiger charge is 2.40. The average molecular weight is 353 g/mol. The summed E-state index contributed by atoms with van der Waals surface area (Å²) >= 11 is 1.13. The zero-order valence-electron chi connectivity index (χ0n) is 12.2. The Labute approximate surface area is 138 Å². The number of carbonyl (C=O) groups excluding carboxylic acids is 1. The van der Waals surface area contributed by atoms with Crippen molar-refractivity contribution in [1.82, 2.24) is 9.62 Å². The number of sulfonamides is 1. The van der Waals surface area contributed by atoms with Crippen molar-refractivity contribution in [1.29, 1.82) is 5.26 Å². The third-order valence-electron chi connectivity index (χ3n) is 3.81.